The Hall–Kier alpha value is -1.27. The quantitative estimate of drug-likeness (QED) is 0.421. The smallest absolute Gasteiger partial charge is 0.191 e. The van der Waals surface area contributed by atoms with E-state index in [9.17, 15) is 4.39 Å². The molecule has 0 spiro atoms. The number of nitrogens with one attached hydrogen (secondary N) is 2. The first-order valence-corrected chi connectivity index (χ1v) is 10.4. The van der Waals surface area contributed by atoms with Crippen LogP contribution >= 0.6 is 11.8 Å². The third kappa shape index (κ3) is 7.24. The highest BCUT2D eigenvalue weighted by molar-refractivity contribution is 7.98. The van der Waals surface area contributed by atoms with E-state index in [4.69, 9.17) is 0 Å². The largest absolute Gasteiger partial charge is 0.356 e. The number of likely N-dealkylation sites (tertiary alicyclic amines) is 1. The third-order valence-corrected chi connectivity index (χ3v) is 5.45. The van der Waals surface area contributed by atoms with E-state index < -0.39 is 0 Å². The molecule has 6 heteroatoms. The van der Waals surface area contributed by atoms with Crippen molar-refractivity contribution in [2.45, 2.75) is 38.0 Å². The van der Waals surface area contributed by atoms with Gasteiger partial charge in [0.15, 0.2) is 5.96 Å². The number of benzene rings is 1. The Morgan fingerprint density at radius 2 is 2.08 bits per heavy atom. The number of aliphatic imine (C=N–C) groups is 1. The second-order valence-corrected chi connectivity index (χ2v) is 7.51. The molecule has 2 N–H and O–H groups in total. The SMILES string of the molecule is CCCN1CCC(NC(=NC)NCCSCc2ccccc2F)CC1. The van der Waals surface area contributed by atoms with Crippen molar-refractivity contribution in [1.29, 1.82) is 0 Å². The van der Waals surface area contributed by atoms with Crippen LogP contribution in [0, 0.1) is 5.82 Å². The second kappa shape index (κ2) is 11.4. The molecule has 1 fully saturated rings. The maximum atomic E-state index is 13.6. The van der Waals surface area contributed by atoms with Gasteiger partial charge in [0.1, 0.15) is 5.82 Å². The predicted molar refractivity (Wildman–Crippen MR) is 107 cm³/mol. The monoisotopic (exact) mass is 366 g/mol. The molecule has 0 atom stereocenters. The maximum Gasteiger partial charge on any atom is 0.191 e. The van der Waals surface area contributed by atoms with Crippen molar-refractivity contribution in [3.05, 3.63) is 35.6 Å². The Labute approximate surface area is 155 Å². The average molecular weight is 367 g/mol. The molecule has 140 valence electrons. The van der Waals surface area contributed by atoms with Crippen LogP contribution in [-0.4, -0.2) is 55.9 Å². The van der Waals surface area contributed by atoms with Crippen LogP contribution in [-0.2, 0) is 5.75 Å². The highest BCUT2D eigenvalue weighted by Gasteiger charge is 2.19. The van der Waals surface area contributed by atoms with Gasteiger partial charge in [0.2, 0.25) is 0 Å². The normalized spacial score (nSPS) is 16.8. The van der Waals surface area contributed by atoms with Crippen LogP contribution in [0.5, 0.6) is 0 Å². The fourth-order valence-corrected chi connectivity index (χ4v) is 3.89. The number of piperidine rings is 1. The molecule has 1 saturated heterocycles. The first-order valence-electron chi connectivity index (χ1n) is 9.23. The minimum Gasteiger partial charge on any atom is -0.356 e. The van der Waals surface area contributed by atoms with Crippen molar-refractivity contribution in [2.24, 2.45) is 4.99 Å². The molecule has 4 nitrogen and oxygen atoms in total. The fraction of sp³-hybridized carbons (Fsp3) is 0.632. The standard InChI is InChI=1S/C19H31FN4S/c1-3-11-24-12-8-17(9-13-24)23-19(21-2)22-10-14-25-15-16-6-4-5-7-18(16)20/h4-7,17H,3,8-15H2,1-2H3,(H2,21,22,23). The zero-order valence-electron chi connectivity index (χ0n) is 15.4. The highest BCUT2D eigenvalue weighted by atomic mass is 32.2. The first-order chi connectivity index (χ1) is 12.2. The Bertz CT molecular complexity index is 530. The predicted octanol–water partition coefficient (Wildman–Crippen LogP) is 3.10. The summed E-state index contributed by atoms with van der Waals surface area (Å²) < 4.78 is 13.6. The zero-order chi connectivity index (χ0) is 17.9. The van der Waals surface area contributed by atoms with Crippen molar-refractivity contribution in [1.82, 2.24) is 15.5 Å². The number of thioether (sulfide) groups is 1. The molecule has 1 aliphatic heterocycles. The van der Waals surface area contributed by atoms with Crippen LogP contribution in [0.3, 0.4) is 0 Å². The van der Waals surface area contributed by atoms with Crippen LogP contribution in [0.4, 0.5) is 4.39 Å². The lowest BCUT2D eigenvalue weighted by atomic mass is 10.1. The van der Waals surface area contributed by atoms with Crippen molar-refractivity contribution >= 4 is 17.7 Å². The van der Waals surface area contributed by atoms with E-state index >= 15 is 0 Å². The molecular weight excluding hydrogens is 335 g/mol. The lowest BCUT2D eigenvalue weighted by Crippen LogP contribution is -2.49. The minimum absolute atomic E-state index is 0.116. The molecule has 0 unspecified atom stereocenters. The van der Waals surface area contributed by atoms with E-state index in [0.29, 0.717) is 11.8 Å². The van der Waals surface area contributed by atoms with Gasteiger partial charge in [0, 0.05) is 44.2 Å². The summed E-state index contributed by atoms with van der Waals surface area (Å²) in [7, 11) is 1.81. The van der Waals surface area contributed by atoms with Gasteiger partial charge in [-0.1, -0.05) is 25.1 Å². The molecule has 0 aliphatic carbocycles. The van der Waals surface area contributed by atoms with Gasteiger partial charge in [-0.2, -0.15) is 11.8 Å². The molecule has 1 heterocycles. The summed E-state index contributed by atoms with van der Waals surface area (Å²) in [5.41, 5.74) is 0.772. The van der Waals surface area contributed by atoms with Crippen LogP contribution in [0.25, 0.3) is 0 Å². The zero-order valence-corrected chi connectivity index (χ0v) is 16.2. The average Bonchev–Trinajstić information content (AvgIpc) is 2.63. The summed E-state index contributed by atoms with van der Waals surface area (Å²) in [5.74, 6) is 2.38. The van der Waals surface area contributed by atoms with E-state index in [2.05, 4.69) is 27.4 Å². The van der Waals surface area contributed by atoms with Crippen molar-refractivity contribution in [2.75, 3.05) is 39.0 Å². The van der Waals surface area contributed by atoms with Crippen LogP contribution < -0.4 is 10.6 Å². The second-order valence-electron chi connectivity index (χ2n) is 6.40. The van der Waals surface area contributed by atoms with E-state index in [1.807, 2.05) is 19.2 Å². The molecule has 2 rings (SSSR count). The van der Waals surface area contributed by atoms with Crippen LogP contribution in [0.15, 0.2) is 29.3 Å². The fourth-order valence-electron chi connectivity index (χ4n) is 3.04. The Balaban J connectivity index is 1.60. The molecule has 1 aromatic carbocycles. The Morgan fingerprint density at radius 3 is 2.76 bits per heavy atom. The van der Waals surface area contributed by atoms with Crippen LogP contribution in [0.2, 0.25) is 0 Å². The summed E-state index contributed by atoms with van der Waals surface area (Å²) >= 11 is 1.73. The number of halogens is 1. The summed E-state index contributed by atoms with van der Waals surface area (Å²) in [6.45, 7) is 6.61. The number of rotatable bonds is 8. The molecule has 0 amide bonds. The van der Waals surface area contributed by atoms with Gasteiger partial charge in [-0.3, -0.25) is 4.99 Å². The van der Waals surface area contributed by atoms with Gasteiger partial charge < -0.3 is 15.5 Å². The van der Waals surface area contributed by atoms with Crippen molar-refractivity contribution in [3.8, 4) is 0 Å². The van der Waals surface area contributed by atoms with E-state index in [1.54, 1.807) is 17.8 Å². The van der Waals surface area contributed by atoms with Gasteiger partial charge in [-0.05, 0) is 37.4 Å². The molecule has 0 saturated carbocycles. The van der Waals surface area contributed by atoms with Crippen molar-refractivity contribution < 1.29 is 4.39 Å². The van der Waals surface area contributed by atoms with Crippen LogP contribution in [0.1, 0.15) is 31.7 Å². The van der Waals surface area contributed by atoms with E-state index in [-0.39, 0.29) is 5.82 Å². The van der Waals surface area contributed by atoms with Gasteiger partial charge in [0.25, 0.3) is 0 Å². The topological polar surface area (TPSA) is 39.7 Å². The Kier molecular flexibility index (Phi) is 9.11. The summed E-state index contributed by atoms with van der Waals surface area (Å²) in [4.78, 5) is 6.85. The summed E-state index contributed by atoms with van der Waals surface area (Å²) in [6, 6.07) is 7.49. The molecular formula is C19H31FN4S. The maximum absolute atomic E-state index is 13.6. The Morgan fingerprint density at radius 1 is 1.32 bits per heavy atom. The van der Waals surface area contributed by atoms with Gasteiger partial charge in [-0.15, -0.1) is 0 Å². The van der Waals surface area contributed by atoms with Crippen molar-refractivity contribution in [3.63, 3.8) is 0 Å². The summed E-state index contributed by atoms with van der Waals surface area (Å²) in [5, 5.41) is 6.89. The molecule has 0 radical (unpaired) electrons. The minimum atomic E-state index is -0.116. The first kappa shape index (κ1) is 20.0. The number of nitrogens with zero attached hydrogens (tertiary/aromatic N) is 2. The van der Waals surface area contributed by atoms with E-state index in [1.165, 1.54) is 45.0 Å². The lowest BCUT2D eigenvalue weighted by Gasteiger charge is -2.32. The molecule has 1 aromatic rings. The van der Waals surface area contributed by atoms with Gasteiger partial charge in [0.05, 0.1) is 0 Å². The number of hydrogen-bond donors (Lipinski definition) is 2. The molecule has 0 bridgehead atoms. The summed E-state index contributed by atoms with van der Waals surface area (Å²) in [6.07, 6.45) is 3.57. The van der Waals surface area contributed by atoms with E-state index in [0.717, 1.165) is 23.8 Å². The highest BCUT2D eigenvalue weighted by Crippen LogP contribution is 2.14. The third-order valence-electron chi connectivity index (χ3n) is 4.45. The van der Waals surface area contributed by atoms with Gasteiger partial charge in [-0.25, -0.2) is 4.39 Å². The lowest BCUT2D eigenvalue weighted by molar-refractivity contribution is 0.206. The number of guanidine groups is 1. The van der Waals surface area contributed by atoms with Gasteiger partial charge >= 0.3 is 0 Å². The molecule has 1 aliphatic rings. The molecule has 0 aromatic heterocycles. The molecule has 25 heavy (non-hydrogen) atoms. The number of hydrogen-bond acceptors (Lipinski definition) is 3.